The zero-order valence-electron chi connectivity index (χ0n) is 14.8. The van der Waals surface area contributed by atoms with Gasteiger partial charge in [0.25, 0.3) is 5.91 Å². The molecule has 0 saturated heterocycles. The van der Waals surface area contributed by atoms with E-state index < -0.39 is 6.10 Å². The van der Waals surface area contributed by atoms with E-state index in [2.05, 4.69) is 22.4 Å². The summed E-state index contributed by atoms with van der Waals surface area (Å²) in [6, 6.07) is 13.9. The Hall–Kier alpha value is -2.12. The fourth-order valence-corrected chi connectivity index (χ4v) is 4.10. The molecular weight excluding hydrogens is 366 g/mol. The zero-order valence-corrected chi connectivity index (χ0v) is 16.4. The van der Waals surface area contributed by atoms with E-state index in [0.29, 0.717) is 17.3 Å². The van der Waals surface area contributed by atoms with Crippen LogP contribution in [0.4, 0.5) is 5.13 Å². The van der Waals surface area contributed by atoms with Crippen molar-refractivity contribution in [1.82, 2.24) is 10.2 Å². The van der Waals surface area contributed by atoms with E-state index in [4.69, 9.17) is 4.74 Å². The summed E-state index contributed by atoms with van der Waals surface area (Å²) in [5.41, 5.74) is 0. The first-order valence-electron chi connectivity index (χ1n) is 8.62. The van der Waals surface area contributed by atoms with Crippen molar-refractivity contribution < 1.29 is 9.53 Å². The van der Waals surface area contributed by atoms with Crippen molar-refractivity contribution in [3.8, 4) is 5.75 Å². The molecule has 0 aliphatic heterocycles. The highest BCUT2D eigenvalue weighted by molar-refractivity contribution is 8.01. The van der Waals surface area contributed by atoms with Crippen molar-refractivity contribution in [3.05, 3.63) is 42.5 Å². The van der Waals surface area contributed by atoms with Gasteiger partial charge in [-0.1, -0.05) is 67.3 Å². The van der Waals surface area contributed by atoms with Crippen LogP contribution in [0.2, 0.25) is 0 Å². The molecule has 1 N–H and O–H groups in total. The average Bonchev–Trinajstić information content (AvgIpc) is 3.11. The topological polar surface area (TPSA) is 64.1 Å². The summed E-state index contributed by atoms with van der Waals surface area (Å²) in [4.78, 5) is 12.5. The molecule has 0 fully saturated rings. The molecule has 3 rings (SSSR count). The predicted molar refractivity (Wildman–Crippen MR) is 108 cm³/mol. The second-order valence-corrected chi connectivity index (χ2v) is 8.05. The van der Waals surface area contributed by atoms with Crippen molar-refractivity contribution in [2.24, 2.45) is 0 Å². The summed E-state index contributed by atoms with van der Waals surface area (Å²) < 4.78 is 6.78. The average molecular weight is 388 g/mol. The second kappa shape index (κ2) is 9.00. The Labute approximate surface area is 161 Å². The van der Waals surface area contributed by atoms with E-state index in [-0.39, 0.29) is 5.91 Å². The molecule has 136 valence electrons. The Balaban J connectivity index is 1.65. The van der Waals surface area contributed by atoms with Crippen molar-refractivity contribution in [3.63, 3.8) is 0 Å². The van der Waals surface area contributed by atoms with Gasteiger partial charge in [0.1, 0.15) is 5.75 Å². The Morgan fingerprint density at radius 1 is 1.19 bits per heavy atom. The maximum Gasteiger partial charge on any atom is 0.267 e. The molecule has 26 heavy (non-hydrogen) atoms. The lowest BCUT2D eigenvalue weighted by Gasteiger charge is -2.16. The summed E-state index contributed by atoms with van der Waals surface area (Å²) >= 11 is 3.04. The highest BCUT2D eigenvalue weighted by atomic mass is 32.2. The first kappa shape index (κ1) is 18.7. The number of rotatable bonds is 8. The van der Waals surface area contributed by atoms with E-state index in [1.807, 2.05) is 49.4 Å². The Kier molecular flexibility index (Phi) is 6.46. The van der Waals surface area contributed by atoms with Gasteiger partial charge in [-0.15, -0.1) is 10.2 Å². The van der Waals surface area contributed by atoms with E-state index in [0.717, 1.165) is 27.3 Å². The maximum atomic E-state index is 12.5. The number of carbonyl (C=O) groups is 1. The summed E-state index contributed by atoms with van der Waals surface area (Å²) in [7, 11) is 0. The number of anilines is 1. The number of ether oxygens (including phenoxy) is 1. The molecule has 0 aliphatic carbocycles. The van der Waals surface area contributed by atoms with Gasteiger partial charge in [0.05, 0.1) is 0 Å². The zero-order chi connectivity index (χ0) is 18.4. The minimum atomic E-state index is -0.577. The summed E-state index contributed by atoms with van der Waals surface area (Å²) in [6.45, 7) is 4.04. The smallest absolute Gasteiger partial charge is 0.267 e. The first-order chi connectivity index (χ1) is 12.7. The lowest BCUT2D eigenvalue weighted by Crippen LogP contribution is -2.32. The van der Waals surface area contributed by atoms with Crippen molar-refractivity contribution in [2.75, 3.05) is 11.1 Å². The molecule has 1 heterocycles. The molecule has 1 aromatic heterocycles. The van der Waals surface area contributed by atoms with Gasteiger partial charge in [-0.3, -0.25) is 10.1 Å². The van der Waals surface area contributed by atoms with Gasteiger partial charge >= 0.3 is 0 Å². The molecule has 1 amide bonds. The predicted octanol–water partition coefficient (Wildman–Crippen LogP) is 4.99. The number of amides is 1. The van der Waals surface area contributed by atoms with Gasteiger partial charge < -0.3 is 4.74 Å². The number of fused-ring (bicyclic) bond motifs is 1. The molecule has 2 aromatic carbocycles. The number of carbonyl (C=O) groups excluding carboxylic acids is 1. The number of nitrogens with one attached hydrogen (secondary N) is 1. The van der Waals surface area contributed by atoms with E-state index in [9.17, 15) is 4.79 Å². The van der Waals surface area contributed by atoms with Gasteiger partial charge in [0, 0.05) is 5.75 Å². The SMILES string of the molecule is CCCSc1nnc(NC(=O)C(CC)Oc2ccc3ccccc3c2)s1. The van der Waals surface area contributed by atoms with Crippen molar-refractivity contribution >= 4 is 44.9 Å². The lowest BCUT2D eigenvalue weighted by molar-refractivity contribution is -0.122. The van der Waals surface area contributed by atoms with Crippen LogP contribution in [0.1, 0.15) is 26.7 Å². The largest absolute Gasteiger partial charge is 0.481 e. The molecule has 1 atom stereocenters. The van der Waals surface area contributed by atoms with Crippen LogP contribution >= 0.6 is 23.1 Å². The van der Waals surface area contributed by atoms with E-state index in [1.165, 1.54) is 11.3 Å². The third-order valence-corrected chi connectivity index (χ3v) is 5.91. The number of aromatic nitrogens is 2. The summed E-state index contributed by atoms with van der Waals surface area (Å²) in [5, 5.41) is 13.7. The Bertz CT molecular complexity index is 882. The third kappa shape index (κ3) is 4.74. The summed E-state index contributed by atoms with van der Waals surface area (Å²) in [5.74, 6) is 1.47. The van der Waals surface area contributed by atoms with Crippen LogP contribution in [0.3, 0.4) is 0 Å². The number of thioether (sulfide) groups is 1. The van der Waals surface area contributed by atoms with Gasteiger partial charge in [0.15, 0.2) is 10.4 Å². The second-order valence-electron chi connectivity index (χ2n) is 5.73. The van der Waals surface area contributed by atoms with Gasteiger partial charge in [-0.2, -0.15) is 0 Å². The molecule has 1 unspecified atom stereocenters. The minimum absolute atomic E-state index is 0.205. The molecule has 0 bridgehead atoms. The summed E-state index contributed by atoms with van der Waals surface area (Å²) in [6.07, 6.45) is 1.06. The van der Waals surface area contributed by atoms with Crippen LogP contribution in [-0.2, 0) is 4.79 Å². The van der Waals surface area contributed by atoms with Gasteiger partial charge in [0.2, 0.25) is 5.13 Å². The Morgan fingerprint density at radius 3 is 2.77 bits per heavy atom. The fourth-order valence-electron chi connectivity index (χ4n) is 2.42. The van der Waals surface area contributed by atoms with E-state index >= 15 is 0 Å². The van der Waals surface area contributed by atoms with Crippen LogP contribution in [0, 0.1) is 0 Å². The molecule has 5 nitrogen and oxygen atoms in total. The van der Waals surface area contributed by atoms with Crippen LogP contribution in [0.25, 0.3) is 10.8 Å². The van der Waals surface area contributed by atoms with Gasteiger partial charge in [-0.25, -0.2) is 0 Å². The van der Waals surface area contributed by atoms with E-state index in [1.54, 1.807) is 11.8 Å². The first-order valence-corrected chi connectivity index (χ1v) is 10.4. The molecule has 0 saturated carbocycles. The standard InChI is InChI=1S/C19H21N3O2S2/c1-3-11-25-19-22-21-18(26-19)20-17(23)16(4-2)24-15-10-9-13-7-5-6-8-14(13)12-15/h5-10,12,16H,3-4,11H2,1-2H3,(H,20,21,23). The van der Waals surface area contributed by atoms with Crippen LogP contribution in [-0.4, -0.2) is 28.0 Å². The number of hydrogen-bond acceptors (Lipinski definition) is 6. The molecule has 0 spiro atoms. The highest BCUT2D eigenvalue weighted by Gasteiger charge is 2.20. The molecular formula is C19H21N3O2S2. The van der Waals surface area contributed by atoms with Crippen LogP contribution < -0.4 is 10.1 Å². The normalized spacial score (nSPS) is 12.1. The van der Waals surface area contributed by atoms with Crippen LogP contribution in [0.5, 0.6) is 5.75 Å². The lowest BCUT2D eigenvalue weighted by atomic mass is 10.1. The highest BCUT2D eigenvalue weighted by Crippen LogP contribution is 2.26. The number of hydrogen-bond donors (Lipinski definition) is 1. The Morgan fingerprint density at radius 2 is 2.00 bits per heavy atom. The van der Waals surface area contributed by atoms with Crippen LogP contribution in [0.15, 0.2) is 46.8 Å². The molecule has 7 heteroatoms. The molecule has 0 aliphatic rings. The quantitative estimate of drug-likeness (QED) is 0.436. The number of benzene rings is 2. The minimum Gasteiger partial charge on any atom is -0.481 e. The number of nitrogens with zero attached hydrogens (tertiary/aromatic N) is 2. The monoisotopic (exact) mass is 387 g/mol. The fraction of sp³-hybridized carbons (Fsp3) is 0.316. The third-order valence-electron chi connectivity index (χ3n) is 3.73. The molecule has 0 radical (unpaired) electrons. The van der Waals surface area contributed by atoms with Crippen molar-refractivity contribution in [2.45, 2.75) is 37.1 Å². The molecule has 3 aromatic rings. The maximum absolute atomic E-state index is 12.5. The van der Waals surface area contributed by atoms with Gasteiger partial charge in [-0.05, 0) is 35.7 Å². The van der Waals surface area contributed by atoms with Crippen molar-refractivity contribution in [1.29, 1.82) is 0 Å².